The van der Waals surface area contributed by atoms with E-state index in [0.29, 0.717) is 0 Å². The molecule has 20 heavy (non-hydrogen) atoms. The van der Waals surface area contributed by atoms with Crippen LogP contribution in [0.2, 0.25) is 0 Å². The van der Waals surface area contributed by atoms with E-state index in [1.54, 1.807) is 0 Å². The number of fused-ring (bicyclic) bond motifs is 1. The van der Waals surface area contributed by atoms with Crippen molar-refractivity contribution in [2.45, 2.75) is 27.3 Å². The van der Waals surface area contributed by atoms with E-state index in [2.05, 4.69) is 54.5 Å². The van der Waals surface area contributed by atoms with Gasteiger partial charge in [-0.2, -0.15) is 5.10 Å². The lowest BCUT2D eigenvalue weighted by atomic mass is 10.00. The smallest absolute Gasteiger partial charge is 0.0671 e. The number of hydrogen-bond acceptors (Lipinski definition) is 2. The number of rotatable bonds is 3. The largest absolute Gasteiger partial charge is 0.380 e. The standard InChI is InChI=1S/C17H19N3/c1-11-7-12(2)14(13(3)8-11)9-18-16-5-4-6-17-15(16)10-19-20-17/h4-8,10,18H,9H2,1-3H3,(H,19,20). The molecule has 2 N–H and O–H groups in total. The zero-order valence-corrected chi connectivity index (χ0v) is 12.1. The van der Waals surface area contributed by atoms with Crippen molar-refractivity contribution in [3.63, 3.8) is 0 Å². The van der Waals surface area contributed by atoms with Crippen molar-refractivity contribution in [3.05, 3.63) is 58.8 Å². The molecule has 0 atom stereocenters. The number of nitrogens with one attached hydrogen (secondary N) is 2. The Balaban J connectivity index is 1.89. The quantitative estimate of drug-likeness (QED) is 0.748. The molecule has 0 aliphatic carbocycles. The maximum Gasteiger partial charge on any atom is 0.0671 e. The van der Waals surface area contributed by atoms with Crippen molar-refractivity contribution in [1.29, 1.82) is 0 Å². The third kappa shape index (κ3) is 2.27. The van der Waals surface area contributed by atoms with Gasteiger partial charge < -0.3 is 5.32 Å². The van der Waals surface area contributed by atoms with Crippen molar-refractivity contribution in [3.8, 4) is 0 Å². The molecule has 0 radical (unpaired) electrons. The summed E-state index contributed by atoms with van der Waals surface area (Å²) < 4.78 is 0. The number of aromatic nitrogens is 2. The molecule has 0 spiro atoms. The van der Waals surface area contributed by atoms with Gasteiger partial charge >= 0.3 is 0 Å². The van der Waals surface area contributed by atoms with E-state index in [-0.39, 0.29) is 0 Å². The van der Waals surface area contributed by atoms with Crippen LogP contribution < -0.4 is 5.32 Å². The lowest BCUT2D eigenvalue weighted by molar-refractivity contribution is 1.08. The highest BCUT2D eigenvalue weighted by molar-refractivity contribution is 5.90. The summed E-state index contributed by atoms with van der Waals surface area (Å²) in [6.45, 7) is 7.33. The Morgan fingerprint density at radius 1 is 1.10 bits per heavy atom. The van der Waals surface area contributed by atoms with Gasteiger partial charge in [-0.15, -0.1) is 0 Å². The molecule has 2 aromatic carbocycles. The van der Waals surface area contributed by atoms with Crippen molar-refractivity contribution in [2.75, 3.05) is 5.32 Å². The predicted molar refractivity (Wildman–Crippen MR) is 84.1 cm³/mol. The normalized spacial score (nSPS) is 10.9. The Hall–Kier alpha value is -2.29. The van der Waals surface area contributed by atoms with Crippen LogP contribution in [0.15, 0.2) is 36.5 Å². The topological polar surface area (TPSA) is 40.7 Å². The Morgan fingerprint density at radius 2 is 1.85 bits per heavy atom. The summed E-state index contributed by atoms with van der Waals surface area (Å²) in [6.07, 6.45) is 1.87. The Bertz CT molecular complexity index is 733. The lowest BCUT2D eigenvalue weighted by Crippen LogP contribution is -2.04. The fraction of sp³-hybridized carbons (Fsp3) is 0.235. The first-order valence-corrected chi connectivity index (χ1v) is 6.88. The first-order valence-electron chi connectivity index (χ1n) is 6.88. The highest BCUT2D eigenvalue weighted by atomic mass is 15.1. The summed E-state index contributed by atoms with van der Waals surface area (Å²) in [5, 5.41) is 11.8. The molecule has 1 aromatic heterocycles. The second-order valence-electron chi connectivity index (χ2n) is 5.37. The fourth-order valence-corrected chi connectivity index (χ4v) is 2.79. The van der Waals surface area contributed by atoms with Crippen molar-refractivity contribution < 1.29 is 0 Å². The summed E-state index contributed by atoms with van der Waals surface area (Å²) in [4.78, 5) is 0. The van der Waals surface area contributed by atoms with E-state index < -0.39 is 0 Å². The minimum atomic E-state index is 0.836. The molecule has 0 amide bonds. The SMILES string of the molecule is Cc1cc(C)c(CNc2cccc3[nH]ncc23)c(C)c1. The molecule has 0 aliphatic rings. The van der Waals surface area contributed by atoms with Crippen LogP contribution in [-0.4, -0.2) is 10.2 Å². The van der Waals surface area contributed by atoms with Gasteiger partial charge in [0, 0.05) is 17.6 Å². The van der Waals surface area contributed by atoms with Crippen LogP contribution in [0.5, 0.6) is 0 Å². The second-order valence-corrected chi connectivity index (χ2v) is 5.37. The van der Waals surface area contributed by atoms with Crippen LogP contribution in [0.1, 0.15) is 22.3 Å². The van der Waals surface area contributed by atoms with E-state index >= 15 is 0 Å². The van der Waals surface area contributed by atoms with Gasteiger partial charge in [-0.1, -0.05) is 23.8 Å². The second kappa shape index (κ2) is 5.00. The van der Waals surface area contributed by atoms with Crippen LogP contribution in [-0.2, 0) is 6.54 Å². The maximum absolute atomic E-state index is 4.10. The summed E-state index contributed by atoms with van der Waals surface area (Å²) in [5.74, 6) is 0. The van der Waals surface area contributed by atoms with Crippen LogP contribution in [0.4, 0.5) is 5.69 Å². The van der Waals surface area contributed by atoms with Gasteiger partial charge in [0.15, 0.2) is 0 Å². The van der Waals surface area contributed by atoms with Crippen molar-refractivity contribution >= 4 is 16.6 Å². The molecule has 102 valence electrons. The van der Waals surface area contributed by atoms with Gasteiger partial charge in [0.05, 0.1) is 11.7 Å². The van der Waals surface area contributed by atoms with Gasteiger partial charge in [-0.3, -0.25) is 5.10 Å². The molecular formula is C17H19N3. The molecule has 3 aromatic rings. The van der Waals surface area contributed by atoms with Gasteiger partial charge in [0.2, 0.25) is 0 Å². The summed E-state index contributed by atoms with van der Waals surface area (Å²) >= 11 is 0. The van der Waals surface area contributed by atoms with E-state index in [0.717, 1.165) is 23.1 Å². The molecule has 0 unspecified atom stereocenters. The molecule has 3 rings (SSSR count). The third-order valence-corrected chi connectivity index (χ3v) is 3.78. The molecule has 0 bridgehead atoms. The van der Waals surface area contributed by atoms with Gasteiger partial charge in [-0.25, -0.2) is 0 Å². The number of hydrogen-bond donors (Lipinski definition) is 2. The van der Waals surface area contributed by atoms with Gasteiger partial charge in [0.25, 0.3) is 0 Å². The molecular weight excluding hydrogens is 246 g/mol. The number of benzene rings is 2. The molecule has 0 saturated heterocycles. The highest BCUT2D eigenvalue weighted by Gasteiger charge is 2.06. The predicted octanol–water partition coefficient (Wildman–Crippen LogP) is 4.10. The minimum absolute atomic E-state index is 0.836. The Kier molecular flexibility index (Phi) is 3.18. The monoisotopic (exact) mass is 265 g/mol. The van der Waals surface area contributed by atoms with Crippen LogP contribution in [0.25, 0.3) is 10.9 Å². The zero-order valence-electron chi connectivity index (χ0n) is 12.1. The summed E-state index contributed by atoms with van der Waals surface area (Å²) in [7, 11) is 0. The molecule has 1 heterocycles. The molecule has 0 saturated carbocycles. The molecule has 0 aliphatic heterocycles. The average molecular weight is 265 g/mol. The third-order valence-electron chi connectivity index (χ3n) is 3.78. The zero-order chi connectivity index (χ0) is 14.1. The number of anilines is 1. The average Bonchev–Trinajstić information content (AvgIpc) is 2.86. The highest BCUT2D eigenvalue weighted by Crippen LogP contribution is 2.23. The van der Waals surface area contributed by atoms with Gasteiger partial charge in [0.1, 0.15) is 0 Å². The van der Waals surface area contributed by atoms with Crippen molar-refractivity contribution in [1.82, 2.24) is 10.2 Å². The van der Waals surface area contributed by atoms with E-state index in [4.69, 9.17) is 0 Å². The Morgan fingerprint density at radius 3 is 2.60 bits per heavy atom. The first-order chi connectivity index (χ1) is 9.65. The first kappa shape index (κ1) is 12.7. The lowest BCUT2D eigenvalue weighted by Gasteiger charge is -2.13. The van der Waals surface area contributed by atoms with E-state index in [1.165, 1.54) is 22.3 Å². The number of aromatic amines is 1. The van der Waals surface area contributed by atoms with Crippen LogP contribution in [0, 0.1) is 20.8 Å². The number of nitrogens with zero attached hydrogens (tertiary/aromatic N) is 1. The van der Waals surface area contributed by atoms with Crippen LogP contribution >= 0.6 is 0 Å². The van der Waals surface area contributed by atoms with Crippen molar-refractivity contribution in [2.24, 2.45) is 0 Å². The molecule has 3 heteroatoms. The summed E-state index contributed by atoms with van der Waals surface area (Å²) in [6, 6.07) is 10.6. The summed E-state index contributed by atoms with van der Waals surface area (Å²) in [5.41, 5.74) is 7.56. The maximum atomic E-state index is 4.10. The Labute approximate surface area is 119 Å². The van der Waals surface area contributed by atoms with Gasteiger partial charge in [-0.05, 0) is 49.6 Å². The number of H-pyrrole nitrogens is 1. The van der Waals surface area contributed by atoms with Crippen LogP contribution in [0.3, 0.4) is 0 Å². The fourth-order valence-electron chi connectivity index (χ4n) is 2.79. The van der Waals surface area contributed by atoms with E-state index in [9.17, 15) is 0 Å². The molecule has 3 nitrogen and oxygen atoms in total. The van der Waals surface area contributed by atoms with E-state index in [1.807, 2.05) is 18.3 Å². The molecule has 0 fully saturated rings. The number of aryl methyl sites for hydroxylation is 3. The minimum Gasteiger partial charge on any atom is -0.380 e.